The maximum atomic E-state index is 12.0. The fraction of sp³-hybridized carbons (Fsp3) is 0.923. The summed E-state index contributed by atoms with van der Waals surface area (Å²) < 4.78 is 0. The van der Waals surface area contributed by atoms with Gasteiger partial charge in [-0.3, -0.25) is 4.79 Å². The molecule has 1 fully saturated rings. The summed E-state index contributed by atoms with van der Waals surface area (Å²) in [7, 11) is 0. The molecule has 1 unspecified atom stereocenters. The van der Waals surface area contributed by atoms with Gasteiger partial charge in [0.2, 0.25) is 5.91 Å². The van der Waals surface area contributed by atoms with Gasteiger partial charge in [-0.05, 0) is 25.7 Å². The van der Waals surface area contributed by atoms with Crippen LogP contribution in [0.15, 0.2) is 0 Å². The predicted molar refractivity (Wildman–Crippen MR) is 67.2 cm³/mol. The Labute approximate surface area is 99.4 Å². The minimum absolute atomic E-state index is 0.312. The Morgan fingerprint density at radius 3 is 2.81 bits per heavy atom. The second-order valence-corrected chi connectivity index (χ2v) is 4.78. The second kappa shape index (κ2) is 7.66. The molecule has 1 amide bonds. The van der Waals surface area contributed by atoms with Gasteiger partial charge in [0.05, 0.1) is 0 Å². The van der Waals surface area contributed by atoms with E-state index in [1.807, 2.05) is 4.90 Å². The number of nitrogens with zero attached hydrogens (tertiary/aromatic N) is 1. The van der Waals surface area contributed by atoms with Crippen molar-refractivity contribution in [1.82, 2.24) is 4.90 Å². The van der Waals surface area contributed by atoms with Crippen LogP contribution in [0.25, 0.3) is 0 Å². The third-order valence-corrected chi connectivity index (χ3v) is 3.46. The number of hydrogen-bond donors (Lipinski definition) is 1. The van der Waals surface area contributed by atoms with Crippen molar-refractivity contribution in [3.63, 3.8) is 0 Å². The summed E-state index contributed by atoms with van der Waals surface area (Å²) in [5, 5.41) is 0. The summed E-state index contributed by atoms with van der Waals surface area (Å²) >= 11 is 0. The third kappa shape index (κ3) is 4.12. The first-order chi connectivity index (χ1) is 7.79. The molecule has 0 radical (unpaired) electrons. The molecule has 0 aromatic carbocycles. The van der Waals surface area contributed by atoms with Crippen molar-refractivity contribution in [2.75, 3.05) is 13.1 Å². The summed E-state index contributed by atoms with van der Waals surface area (Å²) in [4.78, 5) is 14.0. The Hall–Kier alpha value is -0.570. The standard InChI is InChI=1S/C13H26N2O/c1-2-3-4-5-9-13(16)15-10-7-6-8-12(15)11-14/h12H,2-11,14H2,1H3. The molecule has 0 saturated carbocycles. The zero-order valence-electron chi connectivity index (χ0n) is 10.6. The Morgan fingerprint density at radius 1 is 1.31 bits per heavy atom. The Morgan fingerprint density at radius 2 is 2.12 bits per heavy atom. The number of carbonyl (C=O) groups excluding carboxylic acids is 1. The van der Waals surface area contributed by atoms with E-state index in [1.165, 1.54) is 25.7 Å². The van der Waals surface area contributed by atoms with Crippen LogP contribution >= 0.6 is 0 Å². The van der Waals surface area contributed by atoms with Gasteiger partial charge in [-0.2, -0.15) is 0 Å². The van der Waals surface area contributed by atoms with Gasteiger partial charge in [-0.1, -0.05) is 26.2 Å². The van der Waals surface area contributed by atoms with E-state index in [2.05, 4.69) is 6.92 Å². The number of rotatable bonds is 6. The maximum Gasteiger partial charge on any atom is 0.222 e. The third-order valence-electron chi connectivity index (χ3n) is 3.46. The molecule has 1 aliphatic heterocycles. The zero-order chi connectivity index (χ0) is 11.8. The van der Waals surface area contributed by atoms with Gasteiger partial charge in [-0.15, -0.1) is 0 Å². The average molecular weight is 226 g/mol. The molecule has 1 aliphatic rings. The van der Waals surface area contributed by atoms with Crippen molar-refractivity contribution in [2.24, 2.45) is 5.73 Å². The lowest BCUT2D eigenvalue weighted by Gasteiger charge is -2.35. The fourth-order valence-corrected chi connectivity index (χ4v) is 2.42. The first kappa shape index (κ1) is 13.5. The van der Waals surface area contributed by atoms with Crippen molar-refractivity contribution >= 4 is 5.91 Å². The van der Waals surface area contributed by atoms with Crippen molar-refractivity contribution < 1.29 is 4.79 Å². The number of amides is 1. The van der Waals surface area contributed by atoms with Gasteiger partial charge < -0.3 is 10.6 Å². The molecule has 0 spiro atoms. The molecule has 2 N–H and O–H groups in total. The van der Waals surface area contributed by atoms with Gasteiger partial charge in [0, 0.05) is 25.6 Å². The lowest BCUT2D eigenvalue weighted by molar-refractivity contribution is -0.134. The highest BCUT2D eigenvalue weighted by Gasteiger charge is 2.24. The van der Waals surface area contributed by atoms with Crippen LogP contribution in [0.1, 0.15) is 58.3 Å². The Balaban J connectivity index is 2.27. The van der Waals surface area contributed by atoms with E-state index in [0.29, 0.717) is 18.5 Å². The highest BCUT2D eigenvalue weighted by molar-refractivity contribution is 5.76. The number of hydrogen-bond acceptors (Lipinski definition) is 2. The molecule has 16 heavy (non-hydrogen) atoms. The second-order valence-electron chi connectivity index (χ2n) is 4.78. The number of piperidine rings is 1. The molecule has 1 rings (SSSR count). The molecule has 3 nitrogen and oxygen atoms in total. The van der Waals surface area contributed by atoms with Gasteiger partial charge in [0.1, 0.15) is 0 Å². The van der Waals surface area contributed by atoms with Crippen LogP contribution in [0.2, 0.25) is 0 Å². The normalized spacial score (nSPS) is 21.1. The fourth-order valence-electron chi connectivity index (χ4n) is 2.42. The van der Waals surface area contributed by atoms with E-state index < -0.39 is 0 Å². The molecular formula is C13H26N2O. The molecule has 1 atom stereocenters. The first-order valence-corrected chi connectivity index (χ1v) is 6.79. The topological polar surface area (TPSA) is 46.3 Å². The lowest BCUT2D eigenvalue weighted by Crippen LogP contribution is -2.47. The van der Waals surface area contributed by atoms with E-state index in [4.69, 9.17) is 5.73 Å². The number of carbonyl (C=O) groups is 1. The molecular weight excluding hydrogens is 200 g/mol. The van der Waals surface area contributed by atoms with Crippen LogP contribution in [0.4, 0.5) is 0 Å². The summed E-state index contributed by atoms with van der Waals surface area (Å²) in [6.07, 6.45) is 8.88. The molecule has 0 aliphatic carbocycles. The predicted octanol–water partition coefficient (Wildman–Crippen LogP) is 2.30. The number of unbranched alkanes of at least 4 members (excludes halogenated alkanes) is 3. The van der Waals surface area contributed by atoms with Crippen molar-refractivity contribution in [2.45, 2.75) is 64.3 Å². The summed E-state index contributed by atoms with van der Waals surface area (Å²) in [5.74, 6) is 0.325. The first-order valence-electron chi connectivity index (χ1n) is 6.79. The molecule has 1 heterocycles. The molecule has 1 saturated heterocycles. The zero-order valence-corrected chi connectivity index (χ0v) is 10.6. The van der Waals surface area contributed by atoms with Crippen LogP contribution in [-0.4, -0.2) is 29.9 Å². The maximum absolute atomic E-state index is 12.0. The van der Waals surface area contributed by atoms with E-state index in [-0.39, 0.29) is 0 Å². The quantitative estimate of drug-likeness (QED) is 0.706. The minimum Gasteiger partial charge on any atom is -0.338 e. The van der Waals surface area contributed by atoms with E-state index >= 15 is 0 Å². The molecule has 0 bridgehead atoms. The van der Waals surface area contributed by atoms with Crippen LogP contribution in [0.5, 0.6) is 0 Å². The minimum atomic E-state index is 0.312. The van der Waals surface area contributed by atoms with Gasteiger partial charge in [0.15, 0.2) is 0 Å². The van der Waals surface area contributed by atoms with Crippen molar-refractivity contribution in [3.05, 3.63) is 0 Å². The average Bonchev–Trinajstić information content (AvgIpc) is 2.34. The molecule has 0 aromatic rings. The van der Waals surface area contributed by atoms with Crippen molar-refractivity contribution in [3.8, 4) is 0 Å². The Kier molecular flexibility index (Phi) is 6.46. The van der Waals surface area contributed by atoms with Crippen molar-refractivity contribution in [1.29, 1.82) is 0 Å². The van der Waals surface area contributed by atoms with Crippen LogP contribution in [0.3, 0.4) is 0 Å². The highest BCUT2D eigenvalue weighted by Crippen LogP contribution is 2.18. The van der Waals surface area contributed by atoms with Crippen LogP contribution < -0.4 is 5.73 Å². The number of likely N-dealkylation sites (tertiary alicyclic amines) is 1. The monoisotopic (exact) mass is 226 g/mol. The highest BCUT2D eigenvalue weighted by atomic mass is 16.2. The molecule has 3 heteroatoms. The smallest absolute Gasteiger partial charge is 0.222 e. The SMILES string of the molecule is CCCCCCC(=O)N1CCCCC1CN. The van der Waals surface area contributed by atoms with Gasteiger partial charge >= 0.3 is 0 Å². The largest absolute Gasteiger partial charge is 0.338 e. The van der Waals surface area contributed by atoms with E-state index in [1.54, 1.807) is 0 Å². The summed E-state index contributed by atoms with van der Waals surface area (Å²) in [6, 6.07) is 0.312. The van der Waals surface area contributed by atoms with Gasteiger partial charge in [-0.25, -0.2) is 0 Å². The number of nitrogens with two attached hydrogens (primary N) is 1. The molecule has 94 valence electrons. The molecule has 0 aromatic heterocycles. The van der Waals surface area contributed by atoms with Crippen LogP contribution in [0, 0.1) is 0 Å². The van der Waals surface area contributed by atoms with E-state index in [0.717, 1.165) is 32.2 Å². The summed E-state index contributed by atoms with van der Waals surface area (Å²) in [5.41, 5.74) is 5.71. The lowest BCUT2D eigenvalue weighted by atomic mass is 10.0. The van der Waals surface area contributed by atoms with E-state index in [9.17, 15) is 4.79 Å². The van der Waals surface area contributed by atoms with Gasteiger partial charge in [0.25, 0.3) is 0 Å². The van der Waals surface area contributed by atoms with Crippen LogP contribution in [-0.2, 0) is 4.79 Å². The Bertz CT molecular complexity index is 206. The summed E-state index contributed by atoms with van der Waals surface area (Å²) in [6.45, 7) is 3.74.